The lowest BCUT2D eigenvalue weighted by atomic mass is 10.0. The molecule has 1 aliphatic carbocycles. The van der Waals surface area contributed by atoms with Crippen LogP contribution in [0.3, 0.4) is 0 Å². The summed E-state index contributed by atoms with van der Waals surface area (Å²) in [6, 6.07) is 17.3. The number of halogens is 1. The lowest BCUT2D eigenvalue weighted by molar-refractivity contribution is -0.140. The van der Waals surface area contributed by atoms with Gasteiger partial charge in [0.2, 0.25) is 0 Å². The summed E-state index contributed by atoms with van der Waals surface area (Å²) in [5, 5.41) is 0.611. The third kappa shape index (κ3) is 4.54. The fourth-order valence-electron chi connectivity index (χ4n) is 4.71. The van der Waals surface area contributed by atoms with Crippen LogP contribution in [-0.4, -0.2) is 34.2 Å². The average Bonchev–Trinajstić information content (AvgIpc) is 2.95. The van der Waals surface area contributed by atoms with Crippen LogP contribution >= 0.6 is 11.6 Å². The summed E-state index contributed by atoms with van der Waals surface area (Å²) in [6.07, 6.45) is 6.26. The first-order valence-electron chi connectivity index (χ1n) is 11.3. The lowest BCUT2D eigenvalue weighted by Crippen LogP contribution is -2.42. The maximum Gasteiger partial charge on any atom is 0.278 e. The molecule has 1 saturated carbocycles. The predicted octanol–water partition coefficient (Wildman–Crippen LogP) is 5.66. The predicted molar refractivity (Wildman–Crippen MR) is 124 cm³/mol. The van der Waals surface area contributed by atoms with Crippen molar-refractivity contribution in [2.45, 2.75) is 58.0 Å². The monoisotopic (exact) mass is 436 g/mol. The van der Waals surface area contributed by atoms with Crippen molar-refractivity contribution in [3.63, 3.8) is 0 Å². The van der Waals surface area contributed by atoms with Crippen LogP contribution in [0, 0.1) is 0 Å². The molecule has 0 atom stereocenters. The van der Waals surface area contributed by atoms with E-state index in [4.69, 9.17) is 11.6 Å². The van der Waals surface area contributed by atoms with E-state index in [1.807, 2.05) is 42.2 Å². The standard InChI is InChI=1S/C26H29ClN2O2/c1-2-28(18-19-10-6-5-7-11-19)24-23(20-14-16-21(27)17-15-20)25(30)29(26(24)31)22-12-8-3-4-9-13-22/h5-7,10-11,14-17,22H,2-4,8-9,12-13,18H2,1H3. The van der Waals surface area contributed by atoms with Crippen molar-refractivity contribution in [3.05, 3.63) is 76.4 Å². The zero-order valence-corrected chi connectivity index (χ0v) is 18.8. The van der Waals surface area contributed by atoms with E-state index < -0.39 is 0 Å². The highest BCUT2D eigenvalue weighted by atomic mass is 35.5. The molecule has 0 aromatic heterocycles. The largest absolute Gasteiger partial charge is 0.362 e. The van der Waals surface area contributed by atoms with Gasteiger partial charge in [0.15, 0.2) is 0 Å². The van der Waals surface area contributed by atoms with E-state index in [1.165, 1.54) is 12.8 Å². The number of likely N-dealkylation sites (N-methyl/N-ethyl adjacent to an activating group) is 1. The molecule has 2 aromatic rings. The van der Waals surface area contributed by atoms with E-state index >= 15 is 0 Å². The molecule has 2 aliphatic rings. The second-order valence-corrected chi connectivity index (χ2v) is 8.79. The minimum atomic E-state index is -0.166. The maximum atomic E-state index is 13.7. The van der Waals surface area contributed by atoms with Gasteiger partial charge >= 0.3 is 0 Å². The number of carbonyl (C=O) groups excluding carboxylic acids is 2. The third-order valence-corrected chi connectivity index (χ3v) is 6.58. The molecule has 2 aromatic carbocycles. The van der Waals surface area contributed by atoms with E-state index in [2.05, 4.69) is 12.1 Å². The Morgan fingerprint density at radius 2 is 1.55 bits per heavy atom. The molecular weight excluding hydrogens is 408 g/mol. The van der Waals surface area contributed by atoms with Gasteiger partial charge in [-0.3, -0.25) is 14.5 Å². The first-order valence-corrected chi connectivity index (χ1v) is 11.6. The van der Waals surface area contributed by atoms with Gasteiger partial charge in [-0.25, -0.2) is 0 Å². The van der Waals surface area contributed by atoms with Gasteiger partial charge in [-0.1, -0.05) is 79.7 Å². The summed E-state index contributed by atoms with van der Waals surface area (Å²) in [5.41, 5.74) is 2.88. The highest BCUT2D eigenvalue weighted by molar-refractivity contribution is 6.36. The second kappa shape index (κ2) is 9.69. The number of benzene rings is 2. The highest BCUT2D eigenvalue weighted by Crippen LogP contribution is 2.36. The summed E-state index contributed by atoms with van der Waals surface area (Å²) in [6.45, 7) is 3.25. The van der Waals surface area contributed by atoms with Crippen molar-refractivity contribution < 1.29 is 9.59 Å². The number of amides is 2. The van der Waals surface area contributed by atoms with Crippen LogP contribution in [0.2, 0.25) is 5.02 Å². The van der Waals surface area contributed by atoms with Crippen molar-refractivity contribution in [1.82, 2.24) is 9.80 Å². The molecule has 4 nitrogen and oxygen atoms in total. The number of rotatable bonds is 6. The molecule has 1 fully saturated rings. The van der Waals surface area contributed by atoms with Crippen molar-refractivity contribution in [2.24, 2.45) is 0 Å². The van der Waals surface area contributed by atoms with Crippen molar-refractivity contribution in [2.75, 3.05) is 6.54 Å². The van der Waals surface area contributed by atoms with Crippen molar-refractivity contribution >= 4 is 29.0 Å². The van der Waals surface area contributed by atoms with E-state index in [0.717, 1.165) is 36.8 Å². The Balaban J connectivity index is 1.76. The smallest absolute Gasteiger partial charge is 0.278 e. The molecule has 0 spiro atoms. The number of hydrogen-bond donors (Lipinski definition) is 0. The normalized spacial score (nSPS) is 17.9. The maximum absolute atomic E-state index is 13.7. The zero-order valence-electron chi connectivity index (χ0n) is 18.0. The van der Waals surface area contributed by atoms with E-state index in [9.17, 15) is 9.59 Å². The van der Waals surface area contributed by atoms with Gasteiger partial charge in [-0.2, -0.15) is 0 Å². The molecule has 5 heteroatoms. The Hall–Kier alpha value is -2.59. The first kappa shape index (κ1) is 21.6. The second-order valence-electron chi connectivity index (χ2n) is 8.36. The van der Waals surface area contributed by atoms with Crippen LogP contribution in [-0.2, 0) is 16.1 Å². The minimum Gasteiger partial charge on any atom is -0.362 e. The Morgan fingerprint density at radius 1 is 0.903 bits per heavy atom. The average molecular weight is 437 g/mol. The van der Waals surface area contributed by atoms with E-state index in [-0.39, 0.29) is 17.9 Å². The zero-order chi connectivity index (χ0) is 21.8. The molecule has 0 saturated heterocycles. The quantitative estimate of drug-likeness (QED) is 0.433. The van der Waals surface area contributed by atoms with Crippen LogP contribution in [0.4, 0.5) is 0 Å². The van der Waals surface area contributed by atoms with Gasteiger partial charge in [0.05, 0.1) is 5.57 Å². The summed E-state index contributed by atoms with van der Waals surface area (Å²) in [7, 11) is 0. The van der Waals surface area contributed by atoms with Crippen LogP contribution in [0.15, 0.2) is 60.3 Å². The number of nitrogens with zero attached hydrogens (tertiary/aromatic N) is 2. The van der Waals surface area contributed by atoms with Crippen molar-refractivity contribution in [3.8, 4) is 0 Å². The molecule has 0 N–H and O–H groups in total. The number of imide groups is 1. The van der Waals surface area contributed by atoms with Crippen LogP contribution in [0.1, 0.15) is 56.6 Å². The van der Waals surface area contributed by atoms with E-state index in [0.29, 0.717) is 29.4 Å². The number of carbonyl (C=O) groups is 2. The van der Waals surface area contributed by atoms with Gasteiger partial charge in [-0.15, -0.1) is 0 Å². The summed E-state index contributed by atoms with van der Waals surface area (Å²) in [4.78, 5) is 31.0. The first-order chi connectivity index (χ1) is 15.1. The molecule has 4 rings (SSSR count). The third-order valence-electron chi connectivity index (χ3n) is 6.33. The molecule has 0 bridgehead atoms. The molecule has 1 aliphatic heterocycles. The van der Waals surface area contributed by atoms with Crippen molar-refractivity contribution in [1.29, 1.82) is 0 Å². The molecular formula is C26H29ClN2O2. The minimum absolute atomic E-state index is 0.0160. The highest BCUT2D eigenvalue weighted by Gasteiger charge is 2.44. The van der Waals surface area contributed by atoms with Gasteiger partial charge in [0, 0.05) is 24.2 Å². The SMILES string of the molecule is CCN(Cc1ccccc1)C1=C(c2ccc(Cl)cc2)C(=O)N(C2CCCCCC2)C1=O. The molecule has 0 radical (unpaired) electrons. The number of hydrogen-bond acceptors (Lipinski definition) is 3. The Bertz CT molecular complexity index is 961. The van der Waals surface area contributed by atoms with Gasteiger partial charge in [0.1, 0.15) is 5.70 Å². The van der Waals surface area contributed by atoms with Gasteiger partial charge < -0.3 is 4.90 Å². The molecule has 1 heterocycles. The molecule has 162 valence electrons. The van der Waals surface area contributed by atoms with Gasteiger partial charge in [-0.05, 0) is 43.0 Å². The van der Waals surface area contributed by atoms with Crippen LogP contribution in [0.5, 0.6) is 0 Å². The fourth-order valence-corrected chi connectivity index (χ4v) is 4.83. The summed E-state index contributed by atoms with van der Waals surface area (Å²) < 4.78 is 0. The van der Waals surface area contributed by atoms with Gasteiger partial charge in [0.25, 0.3) is 11.8 Å². The van der Waals surface area contributed by atoms with E-state index in [1.54, 1.807) is 17.0 Å². The van der Waals surface area contributed by atoms with Crippen LogP contribution in [0.25, 0.3) is 5.57 Å². The Kier molecular flexibility index (Phi) is 6.77. The summed E-state index contributed by atoms with van der Waals surface area (Å²) in [5.74, 6) is -0.319. The molecule has 0 unspecified atom stereocenters. The fraction of sp³-hybridized carbons (Fsp3) is 0.385. The lowest BCUT2D eigenvalue weighted by Gasteiger charge is -2.28. The Labute approximate surface area is 189 Å². The Morgan fingerprint density at radius 3 is 2.16 bits per heavy atom. The topological polar surface area (TPSA) is 40.6 Å². The molecule has 31 heavy (non-hydrogen) atoms. The van der Waals surface area contributed by atoms with Crippen LogP contribution < -0.4 is 0 Å². The summed E-state index contributed by atoms with van der Waals surface area (Å²) >= 11 is 6.10. The molecule has 2 amide bonds.